The van der Waals surface area contributed by atoms with E-state index in [0.717, 1.165) is 23.3 Å². The van der Waals surface area contributed by atoms with Gasteiger partial charge in [0, 0.05) is 30.2 Å². The molecule has 3 aromatic rings. The summed E-state index contributed by atoms with van der Waals surface area (Å²) >= 11 is 1.57. The molecule has 0 aliphatic rings. The van der Waals surface area contributed by atoms with E-state index in [9.17, 15) is 13.2 Å². The van der Waals surface area contributed by atoms with Gasteiger partial charge in [0.25, 0.3) is 0 Å². The molecule has 0 spiro atoms. The monoisotopic (exact) mass is 443 g/mol. The first-order valence-electron chi connectivity index (χ1n) is 9.81. The second kappa shape index (κ2) is 10.5. The third kappa shape index (κ3) is 5.98. The average molecular weight is 444 g/mol. The van der Waals surface area contributed by atoms with Crippen LogP contribution >= 0.6 is 11.3 Å². The SMILES string of the molecule is CCCc1ccc(C(NC(=O)CCNS(=O)(=O)c2cccnc2)c2cccs2)cc1. The highest BCUT2D eigenvalue weighted by Gasteiger charge is 2.19. The number of hydrogen-bond donors (Lipinski definition) is 2. The molecule has 2 heterocycles. The zero-order chi connectivity index (χ0) is 21.4. The molecule has 1 unspecified atom stereocenters. The van der Waals surface area contributed by atoms with Crippen LogP contribution in [-0.4, -0.2) is 25.9 Å². The number of carbonyl (C=O) groups is 1. The van der Waals surface area contributed by atoms with Crippen molar-refractivity contribution in [3.8, 4) is 0 Å². The molecule has 2 aromatic heterocycles. The van der Waals surface area contributed by atoms with Crippen LogP contribution in [0.5, 0.6) is 0 Å². The second-order valence-electron chi connectivity index (χ2n) is 6.84. The van der Waals surface area contributed by atoms with Crippen molar-refractivity contribution in [2.24, 2.45) is 0 Å². The van der Waals surface area contributed by atoms with Gasteiger partial charge in [-0.05, 0) is 41.1 Å². The largest absolute Gasteiger partial charge is 0.344 e. The first kappa shape index (κ1) is 22.1. The summed E-state index contributed by atoms with van der Waals surface area (Å²) in [5.41, 5.74) is 2.27. The van der Waals surface area contributed by atoms with E-state index in [0.29, 0.717) is 0 Å². The molecule has 0 aliphatic heterocycles. The van der Waals surface area contributed by atoms with Gasteiger partial charge in [-0.25, -0.2) is 13.1 Å². The molecular formula is C22H25N3O3S2. The molecule has 0 bridgehead atoms. The fraction of sp³-hybridized carbons (Fsp3) is 0.273. The highest BCUT2D eigenvalue weighted by atomic mass is 32.2. The number of amides is 1. The van der Waals surface area contributed by atoms with Crippen molar-refractivity contribution in [2.75, 3.05) is 6.54 Å². The quantitative estimate of drug-likeness (QED) is 0.500. The molecular weight excluding hydrogens is 418 g/mol. The Bertz CT molecular complexity index is 1040. The van der Waals surface area contributed by atoms with Crippen molar-refractivity contribution in [3.63, 3.8) is 0 Å². The lowest BCUT2D eigenvalue weighted by atomic mass is 10.0. The predicted molar refractivity (Wildman–Crippen MR) is 119 cm³/mol. The van der Waals surface area contributed by atoms with Gasteiger partial charge < -0.3 is 5.32 Å². The zero-order valence-corrected chi connectivity index (χ0v) is 18.4. The molecule has 30 heavy (non-hydrogen) atoms. The second-order valence-corrected chi connectivity index (χ2v) is 9.59. The standard InChI is InChI=1S/C22H25N3O3S2/c1-2-5-17-8-10-18(11-9-17)22(20-7-4-15-29-20)25-21(26)12-14-24-30(27,28)19-6-3-13-23-16-19/h3-4,6-11,13,15-16,22,24H,2,5,12,14H2,1H3,(H,25,26). The number of thiophene rings is 1. The van der Waals surface area contributed by atoms with Crippen molar-refractivity contribution in [3.05, 3.63) is 82.3 Å². The minimum Gasteiger partial charge on any atom is -0.344 e. The number of hydrogen-bond acceptors (Lipinski definition) is 5. The number of aromatic nitrogens is 1. The number of sulfonamides is 1. The lowest BCUT2D eigenvalue weighted by Crippen LogP contribution is -2.33. The normalized spacial score (nSPS) is 12.4. The van der Waals surface area contributed by atoms with E-state index in [2.05, 4.69) is 34.1 Å². The minimum atomic E-state index is -3.68. The van der Waals surface area contributed by atoms with Crippen LogP contribution < -0.4 is 10.0 Å². The molecule has 0 saturated carbocycles. The number of rotatable bonds is 10. The van der Waals surface area contributed by atoms with E-state index >= 15 is 0 Å². The molecule has 8 heteroatoms. The van der Waals surface area contributed by atoms with Crippen LogP contribution in [0.25, 0.3) is 0 Å². The van der Waals surface area contributed by atoms with Gasteiger partial charge in [-0.15, -0.1) is 11.3 Å². The van der Waals surface area contributed by atoms with Crippen LogP contribution in [0.15, 0.2) is 71.2 Å². The molecule has 3 rings (SSSR count). The minimum absolute atomic E-state index is 0.00958. The van der Waals surface area contributed by atoms with Gasteiger partial charge in [-0.1, -0.05) is 43.7 Å². The molecule has 0 saturated heterocycles. The lowest BCUT2D eigenvalue weighted by molar-refractivity contribution is -0.121. The van der Waals surface area contributed by atoms with Gasteiger partial charge in [-0.2, -0.15) is 0 Å². The fourth-order valence-electron chi connectivity index (χ4n) is 3.06. The first-order valence-corrected chi connectivity index (χ1v) is 12.2. The van der Waals surface area contributed by atoms with Gasteiger partial charge in [0.05, 0.1) is 6.04 Å². The highest BCUT2D eigenvalue weighted by Crippen LogP contribution is 2.26. The number of aryl methyl sites for hydroxylation is 1. The summed E-state index contributed by atoms with van der Waals surface area (Å²) in [5.74, 6) is -0.222. The predicted octanol–water partition coefficient (Wildman–Crippen LogP) is 3.67. The number of nitrogens with one attached hydrogen (secondary N) is 2. The average Bonchev–Trinajstić information content (AvgIpc) is 3.28. The molecule has 6 nitrogen and oxygen atoms in total. The van der Waals surface area contributed by atoms with Crippen molar-refractivity contribution in [2.45, 2.75) is 37.1 Å². The Labute approximate surface area is 181 Å². The smallest absolute Gasteiger partial charge is 0.242 e. The van der Waals surface area contributed by atoms with Gasteiger partial charge in [-0.3, -0.25) is 9.78 Å². The van der Waals surface area contributed by atoms with E-state index in [4.69, 9.17) is 0 Å². The van der Waals surface area contributed by atoms with Gasteiger partial charge in [0.15, 0.2) is 0 Å². The topological polar surface area (TPSA) is 88.2 Å². The van der Waals surface area contributed by atoms with Gasteiger partial charge >= 0.3 is 0 Å². The summed E-state index contributed by atoms with van der Waals surface area (Å²) in [5, 5.41) is 5.01. The maximum Gasteiger partial charge on any atom is 0.242 e. The maximum absolute atomic E-state index is 12.6. The Kier molecular flexibility index (Phi) is 7.73. The van der Waals surface area contributed by atoms with Crippen molar-refractivity contribution >= 4 is 27.3 Å². The van der Waals surface area contributed by atoms with Crippen molar-refractivity contribution in [1.29, 1.82) is 0 Å². The lowest BCUT2D eigenvalue weighted by Gasteiger charge is -2.19. The molecule has 2 N–H and O–H groups in total. The van der Waals surface area contributed by atoms with E-state index in [1.54, 1.807) is 17.4 Å². The highest BCUT2D eigenvalue weighted by molar-refractivity contribution is 7.89. The molecule has 1 amide bonds. The Morgan fingerprint density at radius 3 is 2.57 bits per heavy atom. The molecule has 1 aromatic carbocycles. The molecule has 0 fully saturated rings. The van der Waals surface area contributed by atoms with E-state index in [1.165, 1.54) is 24.0 Å². The van der Waals surface area contributed by atoms with Crippen LogP contribution in [-0.2, 0) is 21.2 Å². The zero-order valence-electron chi connectivity index (χ0n) is 16.7. The summed E-state index contributed by atoms with van der Waals surface area (Å²) in [6.07, 6.45) is 4.92. The molecule has 0 radical (unpaired) electrons. The third-order valence-electron chi connectivity index (χ3n) is 4.57. The molecule has 0 aliphatic carbocycles. The van der Waals surface area contributed by atoms with Gasteiger partial charge in [0.2, 0.25) is 15.9 Å². The van der Waals surface area contributed by atoms with Crippen molar-refractivity contribution < 1.29 is 13.2 Å². The van der Waals surface area contributed by atoms with E-state index < -0.39 is 10.0 Å². The fourth-order valence-corrected chi connectivity index (χ4v) is 4.86. The van der Waals surface area contributed by atoms with Crippen LogP contribution in [0.1, 0.15) is 41.8 Å². The van der Waals surface area contributed by atoms with E-state index in [-0.39, 0.29) is 29.8 Å². The van der Waals surface area contributed by atoms with Gasteiger partial charge in [0.1, 0.15) is 4.90 Å². The van der Waals surface area contributed by atoms with Crippen LogP contribution in [0.4, 0.5) is 0 Å². The molecule has 1 atom stereocenters. The van der Waals surface area contributed by atoms with Crippen LogP contribution in [0.3, 0.4) is 0 Å². The van der Waals surface area contributed by atoms with Crippen LogP contribution in [0.2, 0.25) is 0 Å². The first-order chi connectivity index (χ1) is 14.5. The van der Waals surface area contributed by atoms with Crippen molar-refractivity contribution in [1.82, 2.24) is 15.0 Å². The summed E-state index contributed by atoms with van der Waals surface area (Å²) < 4.78 is 26.9. The summed E-state index contributed by atoms with van der Waals surface area (Å²) in [6, 6.07) is 15.0. The number of benzene rings is 1. The Morgan fingerprint density at radius 2 is 1.93 bits per heavy atom. The Hall–Kier alpha value is -2.55. The Balaban J connectivity index is 1.63. The third-order valence-corrected chi connectivity index (χ3v) is 6.96. The van der Waals surface area contributed by atoms with E-state index in [1.807, 2.05) is 29.6 Å². The van der Waals surface area contributed by atoms with Crippen LogP contribution in [0, 0.1) is 0 Å². The summed E-state index contributed by atoms with van der Waals surface area (Å²) in [6.45, 7) is 2.15. The Morgan fingerprint density at radius 1 is 1.13 bits per heavy atom. The summed E-state index contributed by atoms with van der Waals surface area (Å²) in [7, 11) is -3.68. The molecule has 158 valence electrons. The maximum atomic E-state index is 12.6. The summed E-state index contributed by atoms with van der Waals surface area (Å²) in [4.78, 5) is 17.5. The number of carbonyl (C=O) groups excluding carboxylic acids is 1. The number of nitrogens with zero attached hydrogens (tertiary/aromatic N) is 1. The number of pyridine rings is 1.